The number of para-hydroxylation sites is 1. The van der Waals surface area contributed by atoms with Gasteiger partial charge in [-0.2, -0.15) is 4.90 Å². The normalized spacial score (nSPS) is 14.9. The minimum Gasteiger partial charge on any atom is -0.457 e. The molecule has 0 atom stereocenters. The molecule has 0 amide bonds. The van der Waals surface area contributed by atoms with Gasteiger partial charge in [-0.25, -0.2) is 9.13 Å². The number of nitrogens with zero attached hydrogens (tertiary/aromatic N) is 4. The molecule has 5 nitrogen and oxygen atoms in total. The first-order valence-corrected chi connectivity index (χ1v) is 12.5. The molecule has 0 spiro atoms. The summed E-state index contributed by atoms with van der Waals surface area (Å²) in [6.07, 6.45) is 8.30. The van der Waals surface area contributed by atoms with Gasteiger partial charge in [0.15, 0.2) is 0 Å². The van der Waals surface area contributed by atoms with Gasteiger partial charge < -0.3 is 4.74 Å². The van der Waals surface area contributed by atoms with Gasteiger partial charge in [-0.05, 0) is 55.2 Å². The monoisotopic (exact) mass is 480 g/mol. The molecule has 2 heterocycles. The molecule has 5 rings (SSSR count). The van der Waals surface area contributed by atoms with Crippen molar-refractivity contribution in [3.63, 3.8) is 0 Å². The number of imidazole rings is 1. The predicted octanol–water partition coefficient (Wildman–Crippen LogP) is 6.45. The Morgan fingerprint density at radius 3 is 2.31 bits per heavy atom. The van der Waals surface area contributed by atoms with Crippen LogP contribution in [0.15, 0.2) is 85.5 Å². The van der Waals surface area contributed by atoms with Gasteiger partial charge in [-0.1, -0.05) is 45.0 Å². The summed E-state index contributed by atoms with van der Waals surface area (Å²) in [6, 6.07) is 23.4. The Kier molecular flexibility index (Phi) is 5.74. The minimum atomic E-state index is -0.0936. The van der Waals surface area contributed by atoms with Crippen molar-refractivity contribution in [2.24, 2.45) is 7.05 Å². The molecule has 0 saturated carbocycles. The molecule has 36 heavy (non-hydrogen) atoms. The molecule has 0 unspecified atom stereocenters. The Balaban J connectivity index is 1.58. The molecular weight excluding hydrogens is 444 g/mol. The lowest BCUT2D eigenvalue weighted by Crippen LogP contribution is -2.41. The number of benzene rings is 3. The Morgan fingerprint density at radius 1 is 0.833 bits per heavy atom. The van der Waals surface area contributed by atoms with E-state index in [1.54, 1.807) is 0 Å². The van der Waals surface area contributed by atoms with Crippen molar-refractivity contribution in [1.29, 1.82) is 0 Å². The quantitative estimate of drug-likeness (QED) is 0.314. The number of hydrogen-bond donors (Lipinski definition) is 0. The number of fused-ring (bicyclic) bond motifs is 1. The van der Waals surface area contributed by atoms with Gasteiger partial charge >= 0.3 is 0 Å². The Hall–Kier alpha value is -3.86. The van der Waals surface area contributed by atoms with Crippen LogP contribution in [0.2, 0.25) is 0 Å². The van der Waals surface area contributed by atoms with Gasteiger partial charge in [0.2, 0.25) is 12.7 Å². The molecule has 0 bridgehead atoms. The third-order valence-electron chi connectivity index (χ3n) is 7.15. The van der Waals surface area contributed by atoms with Crippen LogP contribution in [0.1, 0.15) is 45.7 Å². The van der Waals surface area contributed by atoms with E-state index in [2.05, 4.69) is 117 Å². The second kappa shape index (κ2) is 8.66. The van der Waals surface area contributed by atoms with E-state index in [1.165, 1.54) is 16.8 Å². The van der Waals surface area contributed by atoms with Gasteiger partial charge in [-0.15, -0.1) is 0 Å². The lowest BCUT2D eigenvalue weighted by atomic mass is 9.86. The molecule has 1 aromatic heterocycles. The number of rotatable bonds is 4. The second-order valence-corrected chi connectivity index (χ2v) is 11.2. The van der Waals surface area contributed by atoms with E-state index in [0.29, 0.717) is 0 Å². The zero-order valence-corrected chi connectivity index (χ0v) is 22.4. The zero-order valence-electron chi connectivity index (χ0n) is 22.4. The fourth-order valence-corrected chi connectivity index (χ4v) is 4.64. The molecule has 0 fully saturated rings. The first kappa shape index (κ1) is 23.9. The maximum absolute atomic E-state index is 6.50. The Labute approximate surface area is 214 Å². The number of ether oxygens (including phenoxy) is 1. The van der Waals surface area contributed by atoms with E-state index in [4.69, 9.17) is 4.74 Å². The summed E-state index contributed by atoms with van der Waals surface area (Å²) in [4.78, 5) is 2.28. The van der Waals surface area contributed by atoms with Crippen LogP contribution in [0.5, 0.6) is 11.5 Å². The third kappa shape index (κ3) is 4.41. The summed E-state index contributed by atoms with van der Waals surface area (Å²) in [5.41, 5.74) is 5.73. The Bertz CT molecular complexity index is 1460. The predicted molar refractivity (Wildman–Crippen MR) is 146 cm³/mol. The Morgan fingerprint density at radius 2 is 1.58 bits per heavy atom. The van der Waals surface area contributed by atoms with Crippen LogP contribution >= 0.6 is 0 Å². The van der Waals surface area contributed by atoms with Gasteiger partial charge in [0.05, 0.1) is 14.1 Å². The number of anilines is 2. The minimum absolute atomic E-state index is 0.0314. The molecule has 1 aliphatic rings. The van der Waals surface area contributed by atoms with Crippen molar-refractivity contribution in [3.8, 4) is 17.2 Å². The first-order valence-electron chi connectivity index (χ1n) is 12.5. The van der Waals surface area contributed by atoms with E-state index >= 15 is 0 Å². The number of hydrogen-bond acceptors (Lipinski definition) is 2. The summed E-state index contributed by atoms with van der Waals surface area (Å²) in [6.45, 7) is 11.2. The lowest BCUT2D eigenvalue weighted by molar-refractivity contribution is -0.670. The number of aryl methyl sites for hydroxylation is 1. The third-order valence-corrected chi connectivity index (χ3v) is 7.15. The summed E-state index contributed by atoms with van der Waals surface area (Å²) < 4.78 is 12.9. The summed E-state index contributed by atoms with van der Waals surface area (Å²) in [5.74, 6) is 1.63. The van der Waals surface area contributed by atoms with Gasteiger partial charge in [-0.3, -0.25) is 4.58 Å². The summed E-state index contributed by atoms with van der Waals surface area (Å²) in [7, 11) is 4.16. The molecule has 0 N–H and O–H groups in total. The highest BCUT2D eigenvalue weighted by atomic mass is 16.5. The number of aromatic nitrogens is 2. The molecule has 1 aliphatic heterocycles. The molecule has 0 aliphatic carbocycles. The van der Waals surface area contributed by atoms with Crippen molar-refractivity contribution in [2.75, 3.05) is 11.9 Å². The molecular formula is C31H36N4O+2. The molecule has 3 aromatic carbocycles. The van der Waals surface area contributed by atoms with Gasteiger partial charge in [0.25, 0.3) is 0 Å². The fraction of sp³-hybridized carbons (Fsp3) is 0.290. The second-order valence-electron chi connectivity index (χ2n) is 11.2. The average Bonchev–Trinajstić information content (AvgIpc) is 3.27. The molecule has 0 radical (unpaired) electrons. The molecule has 0 saturated heterocycles. The van der Waals surface area contributed by atoms with Crippen molar-refractivity contribution < 1.29 is 13.9 Å². The van der Waals surface area contributed by atoms with Crippen molar-refractivity contribution in [1.82, 2.24) is 4.57 Å². The van der Waals surface area contributed by atoms with Crippen molar-refractivity contribution >= 4 is 17.7 Å². The van der Waals surface area contributed by atoms with Crippen LogP contribution < -0.4 is 14.2 Å². The van der Waals surface area contributed by atoms with Crippen LogP contribution in [0.4, 0.5) is 11.4 Å². The zero-order chi connectivity index (χ0) is 25.7. The highest BCUT2D eigenvalue weighted by Gasteiger charge is 2.38. The van der Waals surface area contributed by atoms with Crippen LogP contribution in [0.3, 0.4) is 0 Å². The maximum Gasteiger partial charge on any atom is 0.248 e. The highest BCUT2D eigenvalue weighted by molar-refractivity contribution is 5.90. The summed E-state index contributed by atoms with van der Waals surface area (Å²) >= 11 is 0. The fourth-order valence-electron chi connectivity index (χ4n) is 4.64. The smallest absolute Gasteiger partial charge is 0.248 e. The lowest BCUT2D eigenvalue weighted by Gasteiger charge is -2.33. The van der Waals surface area contributed by atoms with Crippen molar-refractivity contribution in [3.05, 3.63) is 96.6 Å². The van der Waals surface area contributed by atoms with E-state index in [1.807, 2.05) is 42.5 Å². The van der Waals surface area contributed by atoms with E-state index < -0.39 is 0 Å². The molecule has 5 heteroatoms. The largest absolute Gasteiger partial charge is 0.457 e. The van der Waals surface area contributed by atoms with Crippen molar-refractivity contribution in [2.45, 2.75) is 45.6 Å². The van der Waals surface area contributed by atoms with Crippen LogP contribution in [0, 0.1) is 0 Å². The maximum atomic E-state index is 6.50. The van der Waals surface area contributed by atoms with Crippen LogP contribution in [0.25, 0.3) is 5.69 Å². The van der Waals surface area contributed by atoms with E-state index in [-0.39, 0.29) is 11.0 Å². The topological polar surface area (TPSA) is 24.3 Å². The van der Waals surface area contributed by atoms with Crippen LogP contribution in [-0.2, 0) is 18.0 Å². The van der Waals surface area contributed by atoms with E-state index in [9.17, 15) is 0 Å². The summed E-state index contributed by atoms with van der Waals surface area (Å²) in [5, 5.41) is 0. The SMILES string of the molecule is C[N+]1=CN(c2cc(Oc3cccc(-n4cc[n+](C)c4)c3)cc(C(C)(C)C)c2)c2ccccc2C1(C)C. The van der Waals surface area contributed by atoms with Crippen LogP contribution in [-0.4, -0.2) is 22.5 Å². The molecule has 4 aromatic rings. The standard InChI is InChI=1S/C31H36N4O/c1-30(2,3)23-17-25(35-22-33(7)31(4,5)28-13-8-9-14-29(28)35)20-27(18-23)36-26-12-10-11-24(19-26)34-16-15-32(6)21-34/h8-22H,1-7H3/q+2. The van der Waals surface area contributed by atoms with E-state index in [0.717, 1.165) is 22.9 Å². The average molecular weight is 481 g/mol. The molecule has 184 valence electrons. The van der Waals surface area contributed by atoms with Gasteiger partial charge in [0.1, 0.15) is 46.5 Å². The first-order chi connectivity index (χ1) is 17.0. The highest BCUT2D eigenvalue weighted by Crippen LogP contribution is 2.41. The van der Waals surface area contributed by atoms with Gasteiger partial charge in [0, 0.05) is 17.7 Å².